The van der Waals surface area contributed by atoms with E-state index in [9.17, 15) is 4.79 Å². The molecule has 1 aliphatic heterocycles. The number of nitrogens with zero attached hydrogens (tertiary/aromatic N) is 6. The summed E-state index contributed by atoms with van der Waals surface area (Å²) in [5.41, 5.74) is 1.40. The van der Waals surface area contributed by atoms with Crippen LogP contribution in [0.3, 0.4) is 0 Å². The fraction of sp³-hybridized carbons (Fsp3) is 0.261. The molecule has 9 nitrogen and oxygen atoms in total. The van der Waals surface area contributed by atoms with Gasteiger partial charge in [-0.25, -0.2) is 15.0 Å². The summed E-state index contributed by atoms with van der Waals surface area (Å²) in [6.45, 7) is -11.0. The molecule has 0 aromatic carbocycles. The van der Waals surface area contributed by atoms with Crippen molar-refractivity contribution in [3.8, 4) is 11.4 Å². The Labute approximate surface area is 196 Å². The summed E-state index contributed by atoms with van der Waals surface area (Å²) in [7, 11) is 1.88. The van der Waals surface area contributed by atoms with Gasteiger partial charge in [-0.15, -0.1) is 0 Å². The van der Waals surface area contributed by atoms with Gasteiger partial charge in [0.15, 0.2) is 0 Å². The van der Waals surface area contributed by atoms with E-state index in [0.29, 0.717) is 5.69 Å². The number of fused-ring (bicyclic) bond motifs is 1. The van der Waals surface area contributed by atoms with Crippen LogP contribution in [-0.4, -0.2) is 56.5 Å². The van der Waals surface area contributed by atoms with Gasteiger partial charge in [0.25, 0.3) is 5.91 Å². The van der Waals surface area contributed by atoms with Gasteiger partial charge in [-0.3, -0.25) is 9.78 Å². The molecule has 0 bridgehead atoms. The zero-order chi connectivity index (χ0) is 29.3. The van der Waals surface area contributed by atoms with Crippen molar-refractivity contribution in [2.24, 2.45) is 7.05 Å². The largest absolute Gasteiger partial charge is 0.378 e. The number of pyridine rings is 3. The average Bonchev–Trinajstić information content (AvgIpc) is 3.20. The van der Waals surface area contributed by atoms with Crippen LogP contribution < -0.4 is 10.2 Å². The summed E-state index contributed by atoms with van der Waals surface area (Å²) < 4.78 is 70.8. The molecule has 1 saturated heterocycles. The van der Waals surface area contributed by atoms with Gasteiger partial charge in [0.2, 0.25) is 0 Å². The molecule has 5 heterocycles. The van der Waals surface area contributed by atoms with Gasteiger partial charge in [-0.1, -0.05) is 0 Å². The molecule has 0 unspecified atom stereocenters. The van der Waals surface area contributed by atoms with Crippen LogP contribution in [0.5, 0.6) is 0 Å². The van der Waals surface area contributed by atoms with E-state index in [1.54, 1.807) is 18.5 Å². The number of carbonyl (C=O) groups excluding carboxylic acids is 1. The Kier molecular flexibility index (Phi) is 3.36. The molecule has 1 amide bonds. The number of carbonyl (C=O) groups is 1. The third-order valence-corrected chi connectivity index (χ3v) is 4.98. The monoisotopic (exact) mass is 437 g/mol. The molecule has 162 valence electrons. The van der Waals surface area contributed by atoms with Crippen molar-refractivity contribution in [3.05, 3.63) is 60.4 Å². The van der Waals surface area contributed by atoms with E-state index in [2.05, 4.69) is 30.0 Å². The number of nitrogens with one attached hydrogen (secondary N) is 1. The highest BCUT2D eigenvalue weighted by atomic mass is 16.5. The van der Waals surface area contributed by atoms with Crippen LogP contribution in [0.2, 0.25) is 0 Å². The molecule has 1 N–H and O–H groups in total. The van der Waals surface area contributed by atoms with Crippen molar-refractivity contribution in [2.75, 3.05) is 36.3 Å². The smallest absolute Gasteiger partial charge is 0.257 e. The molecule has 1 fully saturated rings. The molecular formula is C23H23N7O2. The molecule has 32 heavy (non-hydrogen) atoms. The zero-order valence-corrected chi connectivity index (χ0v) is 17.1. The van der Waals surface area contributed by atoms with E-state index in [1.165, 1.54) is 12.3 Å². The molecule has 0 atom stereocenters. The minimum absolute atomic E-state index is 0.0770. The minimum atomic E-state index is -3.25. The number of morpholine rings is 1. The van der Waals surface area contributed by atoms with E-state index in [1.807, 2.05) is 24.6 Å². The fourth-order valence-corrected chi connectivity index (χ4v) is 3.16. The molecule has 5 rings (SSSR count). The summed E-state index contributed by atoms with van der Waals surface area (Å²) in [6, 6.07) is 5.81. The lowest BCUT2D eigenvalue weighted by molar-refractivity contribution is 0.102. The van der Waals surface area contributed by atoms with Gasteiger partial charge in [-0.2, -0.15) is 0 Å². The summed E-state index contributed by atoms with van der Waals surface area (Å²) in [6.07, 6.45) is 6.01. The van der Waals surface area contributed by atoms with E-state index in [0.717, 1.165) is 34.6 Å². The van der Waals surface area contributed by atoms with Gasteiger partial charge < -0.3 is 19.5 Å². The lowest BCUT2D eigenvalue weighted by Crippen LogP contribution is -2.36. The number of anilines is 2. The Bertz CT molecular complexity index is 1620. The van der Waals surface area contributed by atoms with Crippen LogP contribution in [0, 0.1) is 6.92 Å². The quantitative estimate of drug-likeness (QED) is 0.524. The Balaban J connectivity index is 1.46. The van der Waals surface area contributed by atoms with Crippen molar-refractivity contribution < 1.29 is 20.5 Å². The minimum Gasteiger partial charge on any atom is -0.378 e. The van der Waals surface area contributed by atoms with E-state index in [4.69, 9.17) is 11.0 Å². The SMILES string of the molecule is [2H]C1([2H])OC([2H])([2H])C([2H])([2H])N(c2cc(C(=O)Nc3cc4cc(-c5cnc(C)n5C)ncc4cn3)ccn2)C1([2H])[2H]. The Hall–Kier alpha value is -3.85. The molecule has 0 radical (unpaired) electrons. The predicted molar refractivity (Wildman–Crippen MR) is 122 cm³/mol. The summed E-state index contributed by atoms with van der Waals surface area (Å²) in [5.74, 6) is -0.180. The Morgan fingerprint density at radius 1 is 1.06 bits per heavy atom. The Morgan fingerprint density at radius 2 is 1.88 bits per heavy atom. The number of hydrogen-bond donors (Lipinski definition) is 1. The van der Waals surface area contributed by atoms with Gasteiger partial charge in [0.1, 0.15) is 17.5 Å². The van der Waals surface area contributed by atoms with E-state index < -0.39 is 37.8 Å². The molecule has 0 aliphatic carbocycles. The zero-order valence-electron chi connectivity index (χ0n) is 25.1. The van der Waals surface area contributed by atoms with Crippen molar-refractivity contribution in [1.29, 1.82) is 0 Å². The standard InChI is InChI=1S/C23H23N7O2/c1-15-25-14-20(29(15)2)19-9-17-10-21(27-13-18(17)12-26-19)28-23(31)16-3-4-24-22(11-16)30-5-7-32-8-6-30/h3-4,9-14H,5-8H2,1-2H3,(H,27,28,31)/i5D2,6D2,7D2,8D2. The fourth-order valence-electron chi connectivity index (χ4n) is 3.16. The first-order valence-electron chi connectivity index (χ1n) is 13.6. The molecule has 0 saturated carbocycles. The van der Waals surface area contributed by atoms with Crippen molar-refractivity contribution in [2.45, 2.75) is 6.92 Å². The van der Waals surface area contributed by atoms with Gasteiger partial charge in [0, 0.05) is 49.6 Å². The summed E-state index contributed by atoms with van der Waals surface area (Å²) >= 11 is 0. The van der Waals surface area contributed by atoms with Gasteiger partial charge in [-0.05, 0) is 36.6 Å². The first-order chi connectivity index (χ1) is 18.5. The van der Waals surface area contributed by atoms with Crippen molar-refractivity contribution in [1.82, 2.24) is 24.5 Å². The second-order valence-electron chi connectivity index (χ2n) is 6.96. The number of amides is 1. The van der Waals surface area contributed by atoms with Crippen LogP contribution in [0.15, 0.2) is 49.1 Å². The molecule has 0 spiro atoms. The maximum atomic E-state index is 13.1. The predicted octanol–water partition coefficient (Wildman–Crippen LogP) is 2.82. The average molecular weight is 438 g/mol. The molecule has 1 aliphatic rings. The van der Waals surface area contributed by atoms with E-state index >= 15 is 0 Å². The van der Waals surface area contributed by atoms with Crippen LogP contribution in [0.25, 0.3) is 22.2 Å². The lowest BCUT2D eigenvalue weighted by atomic mass is 10.1. The molecule has 9 heteroatoms. The normalized spacial score (nSPS) is 24.0. The number of ether oxygens (including phenoxy) is 1. The highest BCUT2D eigenvalue weighted by Gasteiger charge is 2.15. The third kappa shape index (κ3) is 3.90. The Morgan fingerprint density at radius 3 is 2.66 bits per heavy atom. The highest BCUT2D eigenvalue weighted by Crippen LogP contribution is 2.24. The number of rotatable bonds is 4. The second-order valence-corrected chi connectivity index (χ2v) is 6.96. The van der Waals surface area contributed by atoms with Crippen molar-refractivity contribution in [3.63, 3.8) is 0 Å². The molecule has 4 aromatic rings. The van der Waals surface area contributed by atoms with Crippen molar-refractivity contribution >= 4 is 28.3 Å². The van der Waals surface area contributed by atoms with Gasteiger partial charge >= 0.3 is 0 Å². The topological polar surface area (TPSA) is 98.1 Å². The first-order valence-corrected chi connectivity index (χ1v) is 9.57. The maximum absolute atomic E-state index is 13.1. The van der Waals surface area contributed by atoms with Crippen LogP contribution in [-0.2, 0) is 11.8 Å². The molecule has 4 aromatic heterocycles. The van der Waals surface area contributed by atoms with E-state index in [-0.39, 0.29) is 16.3 Å². The highest BCUT2D eigenvalue weighted by molar-refractivity contribution is 6.05. The first kappa shape index (κ1) is 12.9. The second kappa shape index (κ2) is 8.35. The molecular weight excluding hydrogens is 406 g/mol. The number of imidazole rings is 1. The number of aryl methyl sites for hydroxylation is 1. The summed E-state index contributed by atoms with van der Waals surface area (Å²) in [5, 5.41) is 4.10. The van der Waals surface area contributed by atoms with Crippen LogP contribution in [0.1, 0.15) is 27.1 Å². The lowest BCUT2D eigenvalue weighted by Gasteiger charge is -2.27. The van der Waals surface area contributed by atoms with Gasteiger partial charge in [0.05, 0.1) is 41.7 Å². The van der Waals surface area contributed by atoms with Crippen LogP contribution in [0.4, 0.5) is 11.6 Å². The van der Waals surface area contributed by atoms with Crippen LogP contribution >= 0.6 is 0 Å². The number of aromatic nitrogens is 5. The maximum Gasteiger partial charge on any atom is 0.257 e. The summed E-state index contributed by atoms with van der Waals surface area (Å²) in [4.78, 5) is 30.2. The number of hydrogen-bond acceptors (Lipinski definition) is 7. The third-order valence-electron chi connectivity index (χ3n) is 4.98.